The summed E-state index contributed by atoms with van der Waals surface area (Å²) in [5.74, 6) is -1.51. The normalized spacial score (nSPS) is 12.1. The lowest BCUT2D eigenvalue weighted by molar-refractivity contribution is -0.138. The smallest absolute Gasteiger partial charge is 0.325 e. The van der Waals surface area contributed by atoms with Crippen molar-refractivity contribution in [1.82, 2.24) is 5.32 Å². The van der Waals surface area contributed by atoms with Crippen LogP contribution in [0.2, 0.25) is 0 Å². The summed E-state index contributed by atoms with van der Waals surface area (Å²) in [6.07, 6.45) is 1.35. The van der Waals surface area contributed by atoms with E-state index in [1.165, 1.54) is 19.3 Å². The number of carboxylic acids is 1. The van der Waals surface area contributed by atoms with E-state index in [1.807, 2.05) is 0 Å². The lowest BCUT2D eigenvalue weighted by Crippen LogP contribution is -2.38. The van der Waals surface area contributed by atoms with Gasteiger partial charge in [-0.15, -0.1) is 0 Å². The van der Waals surface area contributed by atoms with Gasteiger partial charge in [0, 0.05) is 0 Å². The van der Waals surface area contributed by atoms with Crippen LogP contribution in [-0.2, 0) is 4.79 Å². The first kappa shape index (κ1) is 9.31. The van der Waals surface area contributed by atoms with Crippen molar-refractivity contribution in [3.63, 3.8) is 0 Å². The molecule has 2 N–H and O–H groups in total. The zero-order chi connectivity index (χ0) is 9.84. The van der Waals surface area contributed by atoms with Crippen LogP contribution in [0.4, 0.5) is 0 Å². The second kappa shape index (κ2) is 3.75. The molecule has 0 aliphatic rings. The predicted octanol–water partition coefficient (Wildman–Crippen LogP) is 0.483. The zero-order valence-corrected chi connectivity index (χ0v) is 6.98. The molecule has 1 aromatic heterocycles. The molecule has 70 valence electrons. The molecule has 0 unspecified atom stereocenters. The minimum absolute atomic E-state index is 0.105. The SMILES string of the molecule is C[C@@H](NC(=O)c1ccco1)C(=O)O. The van der Waals surface area contributed by atoms with Crippen LogP contribution in [-0.4, -0.2) is 23.0 Å². The number of hydrogen-bond donors (Lipinski definition) is 2. The maximum absolute atomic E-state index is 11.2. The largest absolute Gasteiger partial charge is 0.480 e. The van der Waals surface area contributed by atoms with Crippen LogP contribution >= 0.6 is 0 Å². The molecule has 0 fully saturated rings. The van der Waals surface area contributed by atoms with E-state index in [0.717, 1.165) is 0 Å². The van der Waals surface area contributed by atoms with Gasteiger partial charge in [0.25, 0.3) is 5.91 Å². The molecule has 0 aromatic carbocycles. The fourth-order valence-electron chi connectivity index (χ4n) is 0.737. The van der Waals surface area contributed by atoms with Gasteiger partial charge in [-0.2, -0.15) is 0 Å². The Morgan fingerprint density at radius 1 is 1.62 bits per heavy atom. The van der Waals surface area contributed by atoms with Crippen molar-refractivity contribution in [3.05, 3.63) is 24.2 Å². The molecular formula is C8H9NO4. The van der Waals surface area contributed by atoms with Gasteiger partial charge in [-0.1, -0.05) is 0 Å². The van der Waals surface area contributed by atoms with Crippen molar-refractivity contribution in [2.45, 2.75) is 13.0 Å². The monoisotopic (exact) mass is 183 g/mol. The van der Waals surface area contributed by atoms with E-state index in [1.54, 1.807) is 6.07 Å². The molecule has 0 spiro atoms. The average Bonchev–Trinajstić information content (AvgIpc) is 2.55. The Morgan fingerprint density at radius 2 is 2.31 bits per heavy atom. The number of nitrogens with one attached hydrogen (secondary N) is 1. The van der Waals surface area contributed by atoms with Crippen LogP contribution in [0.25, 0.3) is 0 Å². The molecule has 13 heavy (non-hydrogen) atoms. The number of rotatable bonds is 3. The second-order valence-electron chi connectivity index (χ2n) is 2.51. The third-order valence-corrected chi connectivity index (χ3v) is 1.46. The van der Waals surface area contributed by atoms with Crippen molar-refractivity contribution < 1.29 is 19.1 Å². The van der Waals surface area contributed by atoms with Crippen LogP contribution in [0.15, 0.2) is 22.8 Å². The quantitative estimate of drug-likeness (QED) is 0.714. The van der Waals surface area contributed by atoms with E-state index in [4.69, 9.17) is 9.52 Å². The first-order chi connectivity index (χ1) is 6.11. The van der Waals surface area contributed by atoms with Gasteiger partial charge in [0.2, 0.25) is 0 Å². The first-order valence-corrected chi connectivity index (χ1v) is 3.68. The van der Waals surface area contributed by atoms with Crippen molar-refractivity contribution in [2.24, 2.45) is 0 Å². The first-order valence-electron chi connectivity index (χ1n) is 3.68. The summed E-state index contributed by atoms with van der Waals surface area (Å²) in [4.78, 5) is 21.5. The molecule has 1 heterocycles. The van der Waals surface area contributed by atoms with E-state index in [0.29, 0.717) is 0 Å². The minimum atomic E-state index is -1.08. The van der Waals surface area contributed by atoms with Gasteiger partial charge in [0.15, 0.2) is 5.76 Å². The molecule has 0 aliphatic heterocycles. The van der Waals surface area contributed by atoms with Crippen LogP contribution in [0.1, 0.15) is 17.5 Å². The van der Waals surface area contributed by atoms with Crippen molar-refractivity contribution in [1.29, 1.82) is 0 Å². The highest BCUT2D eigenvalue weighted by Gasteiger charge is 2.16. The zero-order valence-electron chi connectivity index (χ0n) is 6.98. The molecule has 0 radical (unpaired) electrons. The maximum Gasteiger partial charge on any atom is 0.325 e. The molecule has 1 amide bonds. The highest BCUT2D eigenvalue weighted by Crippen LogP contribution is 1.99. The van der Waals surface area contributed by atoms with Gasteiger partial charge in [-0.05, 0) is 19.1 Å². The Kier molecular flexibility index (Phi) is 2.69. The van der Waals surface area contributed by atoms with Crippen LogP contribution < -0.4 is 5.32 Å². The summed E-state index contributed by atoms with van der Waals surface area (Å²) in [5.41, 5.74) is 0. The Morgan fingerprint density at radius 3 is 2.77 bits per heavy atom. The van der Waals surface area contributed by atoms with Crippen molar-refractivity contribution in [2.75, 3.05) is 0 Å². The van der Waals surface area contributed by atoms with Gasteiger partial charge in [0.1, 0.15) is 6.04 Å². The molecule has 1 rings (SSSR count). The number of amides is 1. The highest BCUT2D eigenvalue weighted by atomic mass is 16.4. The van der Waals surface area contributed by atoms with E-state index in [9.17, 15) is 9.59 Å². The average molecular weight is 183 g/mol. The van der Waals surface area contributed by atoms with E-state index < -0.39 is 17.9 Å². The van der Waals surface area contributed by atoms with Crippen molar-refractivity contribution >= 4 is 11.9 Å². The topological polar surface area (TPSA) is 79.5 Å². The summed E-state index contributed by atoms with van der Waals surface area (Å²) < 4.78 is 4.77. The Balaban J connectivity index is 2.56. The minimum Gasteiger partial charge on any atom is -0.480 e. The fourth-order valence-corrected chi connectivity index (χ4v) is 0.737. The lowest BCUT2D eigenvalue weighted by Gasteiger charge is -2.06. The van der Waals surface area contributed by atoms with Gasteiger partial charge in [-0.3, -0.25) is 9.59 Å². The third kappa shape index (κ3) is 2.33. The van der Waals surface area contributed by atoms with E-state index >= 15 is 0 Å². The van der Waals surface area contributed by atoms with Crippen LogP contribution in [0, 0.1) is 0 Å². The van der Waals surface area contributed by atoms with Crippen LogP contribution in [0.5, 0.6) is 0 Å². The summed E-state index contributed by atoms with van der Waals surface area (Å²) in [5, 5.41) is 10.7. The van der Waals surface area contributed by atoms with Gasteiger partial charge in [-0.25, -0.2) is 0 Å². The van der Waals surface area contributed by atoms with Crippen molar-refractivity contribution in [3.8, 4) is 0 Å². The lowest BCUT2D eigenvalue weighted by atomic mass is 10.3. The Labute approximate surface area is 74.4 Å². The number of carbonyl (C=O) groups excluding carboxylic acids is 1. The number of carbonyl (C=O) groups is 2. The third-order valence-electron chi connectivity index (χ3n) is 1.46. The molecule has 5 nitrogen and oxygen atoms in total. The molecule has 5 heteroatoms. The van der Waals surface area contributed by atoms with E-state index in [2.05, 4.69) is 5.32 Å². The highest BCUT2D eigenvalue weighted by molar-refractivity contribution is 5.94. The summed E-state index contributed by atoms with van der Waals surface area (Å²) in [6, 6.07) is 2.10. The Hall–Kier alpha value is -1.78. The molecular weight excluding hydrogens is 174 g/mol. The Bertz CT molecular complexity index is 304. The molecule has 0 saturated heterocycles. The fraction of sp³-hybridized carbons (Fsp3) is 0.250. The van der Waals surface area contributed by atoms with Gasteiger partial charge < -0.3 is 14.8 Å². The molecule has 0 aliphatic carbocycles. The summed E-state index contributed by atoms with van der Waals surface area (Å²) in [6.45, 7) is 1.38. The van der Waals surface area contributed by atoms with E-state index in [-0.39, 0.29) is 5.76 Å². The molecule has 0 bridgehead atoms. The molecule has 1 aromatic rings. The summed E-state index contributed by atoms with van der Waals surface area (Å²) in [7, 11) is 0. The predicted molar refractivity (Wildman–Crippen MR) is 43.3 cm³/mol. The number of furan rings is 1. The summed E-state index contributed by atoms with van der Waals surface area (Å²) >= 11 is 0. The number of aliphatic carboxylic acids is 1. The number of carboxylic acid groups (broad SMARTS) is 1. The van der Waals surface area contributed by atoms with Crippen LogP contribution in [0.3, 0.4) is 0 Å². The number of hydrogen-bond acceptors (Lipinski definition) is 3. The second-order valence-corrected chi connectivity index (χ2v) is 2.51. The standard InChI is InChI=1S/C8H9NO4/c1-5(8(11)12)9-7(10)6-3-2-4-13-6/h2-5H,1H3,(H,9,10)(H,11,12)/t5-/m1/s1. The molecule has 1 atom stereocenters. The maximum atomic E-state index is 11.2. The molecule has 0 saturated carbocycles. The van der Waals surface area contributed by atoms with Gasteiger partial charge in [0.05, 0.1) is 6.26 Å². The van der Waals surface area contributed by atoms with Gasteiger partial charge >= 0.3 is 5.97 Å².